The molecule has 0 saturated heterocycles. The summed E-state index contributed by atoms with van der Waals surface area (Å²) in [6, 6.07) is 2.70. The fraction of sp³-hybridized carbons (Fsp3) is 0.400. The lowest BCUT2D eigenvalue weighted by atomic mass is 10.1. The fourth-order valence-corrected chi connectivity index (χ4v) is 1.31. The lowest BCUT2D eigenvalue weighted by Gasteiger charge is -2.12. The van der Waals surface area contributed by atoms with Crippen molar-refractivity contribution in [3.8, 4) is 11.9 Å². The molecular weight excluding hydrogens is 240 g/mol. The van der Waals surface area contributed by atoms with Gasteiger partial charge in [-0.15, -0.1) is 13.2 Å². The number of hydrogen-bond acceptors (Lipinski definition) is 3. The molecule has 7 heteroatoms. The van der Waals surface area contributed by atoms with Crippen molar-refractivity contribution < 1.29 is 22.3 Å². The van der Waals surface area contributed by atoms with Crippen LogP contribution in [-0.4, -0.2) is 11.3 Å². The van der Waals surface area contributed by atoms with Gasteiger partial charge >= 0.3 is 6.36 Å². The number of aromatic nitrogens is 1. The van der Waals surface area contributed by atoms with Crippen molar-refractivity contribution in [1.29, 1.82) is 5.26 Å². The Morgan fingerprint density at radius 1 is 1.47 bits per heavy atom. The summed E-state index contributed by atoms with van der Waals surface area (Å²) in [5, 5.41) is 8.48. The molecule has 1 heterocycles. The SMILES string of the molecule is Cc1cc(OC(F)(F)F)nc(CC#N)c1CF. The van der Waals surface area contributed by atoms with E-state index in [1.165, 1.54) is 6.92 Å². The number of aryl methyl sites for hydroxylation is 1. The van der Waals surface area contributed by atoms with E-state index < -0.39 is 18.9 Å². The van der Waals surface area contributed by atoms with E-state index in [9.17, 15) is 17.6 Å². The van der Waals surface area contributed by atoms with Crippen LogP contribution in [0.15, 0.2) is 6.07 Å². The van der Waals surface area contributed by atoms with E-state index >= 15 is 0 Å². The molecule has 1 aromatic rings. The third-order valence-electron chi connectivity index (χ3n) is 2.01. The van der Waals surface area contributed by atoms with E-state index in [0.29, 0.717) is 0 Å². The van der Waals surface area contributed by atoms with Gasteiger partial charge < -0.3 is 4.74 Å². The highest BCUT2D eigenvalue weighted by atomic mass is 19.4. The quantitative estimate of drug-likeness (QED) is 0.772. The second-order valence-electron chi connectivity index (χ2n) is 3.22. The summed E-state index contributed by atoms with van der Waals surface area (Å²) in [6.45, 7) is 0.544. The number of hydrogen-bond donors (Lipinski definition) is 0. The molecule has 0 radical (unpaired) electrons. The highest BCUT2D eigenvalue weighted by Crippen LogP contribution is 2.25. The van der Waals surface area contributed by atoms with Crippen LogP contribution in [0.5, 0.6) is 5.88 Å². The summed E-state index contributed by atoms with van der Waals surface area (Å²) in [5.41, 5.74) is 0.363. The number of pyridine rings is 1. The van der Waals surface area contributed by atoms with Crippen molar-refractivity contribution in [2.75, 3.05) is 0 Å². The van der Waals surface area contributed by atoms with Gasteiger partial charge in [-0.05, 0) is 12.5 Å². The topological polar surface area (TPSA) is 45.9 Å². The lowest BCUT2D eigenvalue weighted by molar-refractivity contribution is -0.276. The summed E-state index contributed by atoms with van der Waals surface area (Å²) in [6.07, 6.45) is -5.13. The van der Waals surface area contributed by atoms with E-state index in [0.717, 1.165) is 6.07 Å². The highest BCUT2D eigenvalue weighted by molar-refractivity contribution is 5.35. The molecule has 92 valence electrons. The summed E-state index contributed by atoms with van der Waals surface area (Å²) < 4.78 is 52.2. The van der Waals surface area contributed by atoms with Gasteiger partial charge in [0.15, 0.2) is 0 Å². The zero-order chi connectivity index (χ0) is 13.1. The van der Waals surface area contributed by atoms with E-state index in [4.69, 9.17) is 5.26 Å². The monoisotopic (exact) mass is 248 g/mol. The number of nitriles is 1. The average Bonchev–Trinajstić information content (AvgIpc) is 2.15. The van der Waals surface area contributed by atoms with E-state index in [-0.39, 0.29) is 23.2 Å². The van der Waals surface area contributed by atoms with Crippen LogP contribution in [0.4, 0.5) is 17.6 Å². The molecule has 17 heavy (non-hydrogen) atoms. The van der Waals surface area contributed by atoms with Gasteiger partial charge in [0.2, 0.25) is 5.88 Å². The summed E-state index contributed by atoms with van der Waals surface area (Å²) in [5.74, 6) is -0.683. The first-order valence-electron chi connectivity index (χ1n) is 4.55. The molecule has 0 aliphatic heterocycles. The summed E-state index contributed by atoms with van der Waals surface area (Å²) in [7, 11) is 0. The third-order valence-corrected chi connectivity index (χ3v) is 2.01. The molecule has 3 nitrogen and oxygen atoms in total. The Balaban J connectivity index is 3.15. The van der Waals surface area contributed by atoms with Gasteiger partial charge in [0, 0.05) is 11.6 Å². The number of ether oxygens (including phenoxy) is 1. The number of nitrogens with zero attached hydrogens (tertiary/aromatic N) is 2. The first kappa shape index (κ1) is 13.2. The Morgan fingerprint density at radius 2 is 2.12 bits per heavy atom. The maximum atomic E-state index is 12.6. The van der Waals surface area contributed by atoms with E-state index in [2.05, 4.69) is 9.72 Å². The van der Waals surface area contributed by atoms with Crippen molar-refractivity contribution in [1.82, 2.24) is 4.98 Å². The predicted octanol–water partition coefficient (Wildman–Crippen LogP) is 2.82. The molecule has 0 amide bonds. The number of rotatable bonds is 3. The molecule has 0 fully saturated rings. The molecule has 1 rings (SSSR count). The number of halogens is 4. The first-order chi connectivity index (χ1) is 7.87. The van der Waals surface area contributed by atoms with Crippen LogP contribution >= 0.6 is 0 Å². The fourth-order valence-electron chi connectivity index (χ4n) is 1.31. The molecular formula is C10H8F4N2O. The number of alkyl halides is 4. The maximum Gasteiger partial charge on any atom is 0.574 e. The molecule has 0 unspecified atom stereocenters. The molecule has 0 N–H and O–H groups in total. The standard InChI is InChI=1S/C10H8F4N2O/c1-6-4-9(17-10(12,13)14)16-8(2-3-15)7(6)5-11/h4H,2,5H2,1H3. The zero-order valence-electron chi connectivity index (χ0n) is 8.81. The van der Waals surface area contributed by atoms with Crippen LogP contribution in [-0.2, 0) is 13.1 Å². The minimum Gasteiger partial charge on any atom is -0.388 e. The molecule has 0 bridgehead atoms. The first-order valence-corrected chi connectivity index (χ1v) is 4.55. The Morgan fingerprint density at radius 3 is 2.59 bits per heavy atom. The molecule has 0 aliphatic carbocycles. The lowest BCUT2D eigenvalue weighted by Crippen LogP contribution is -2.18. The van der Waals surface area contributed by atoms with Crippen molar-refractivity contribution >= 4 is 0 Å². The molecule has 0 saturated carbocycles. The van der Waals surface area contributed by atoms with Gasteiger partial charge in [-0.1, -0.05) is 0 Å². The second-order valence-corrected chi connectivity index (χ2v) is 3.22. The van der Waals surface area contributed by atoms with Gasteiger partial charge in [0.05, 0.1) is 18.2 Å². The Kier molecular flexibility index (Phi) is 3.89. The maximum absolute atomic E-state index is 12.6. The van der Waals surface area contributed by atoms with Crippen molar-refractivity contribution in [3.05, 3.63) is 22.9 Å². The summed E-state index contributed by atoms with van der Waals surface area (Å²) in [4.78, 5) is 3.47. The molecule has 0 aliphatic rings. The molecule has 0 atom stereocenters. The average molecular weight is 248 g/mol. The van der Waals surface area contributed by atoms with Crippen LogP contribution in [0.1, 0.15) is 16.8 Å². The van der Waals surface area contributed by atoms with Gasteiger partial charge in [-0.2, -0.15) is 5.26 Å². The Bertz CT molecular complexity index is 451. The van der Waals surface area contributed by atoms with Gasteiger partial charge in [-0.25, -0.2) is 9.37 Å². The van der Waals surface area contributed by atoms with E-state index in [1.807, 2.05) is 0 Å². The minimum absolute atomic E-state index is 0.0331. The van der Waals surface area contributed by atoms with Crippen molar-refractivity contribution in [2.24, 2.45) is 0 Å². The highest BCUT2D eigenvalue weighted by Gasteiger charge is 2.32. The van der Waals surface area contributed by atoms with Gasteiger partial charge in [0.25, 0.3) is 0 Å². The second kappa shape index (κ2) is 4.99. The third kappa shape index (κ3) is 3.59. The molecule has 0 spiro atoms. The zero-order valence-corrected chi connectivity index (χ0v) is 8.81. The summed E-state index contributed by atoms with van der Waals surface area (Å²) >= 11 is 0. The van der Waals surface area contributed by atoms with Crippen LogP contribution < -0.4 is 4.74 Å². The van der Waals surface area contributed by atoms with Crippen LogP contribution in [0.25, 0.3) is 0 Å². The van der Waals surface area contributed by atoms with Gasteiger partial charge in [0.1, 0.15) is 6.67 Å². The van der Waals surface area contributed by atoms with Crippen LogP contribution in [0.2, 0.25) is 0 Å². The smallest absolute Gasteiger partial charge is 0.388 e. The Labute approximate surface area is 94.6 Å². The predicted molar refractivity (Wildman–Crippen MR) is 49.8 cm³/mol. The Hall–Kier alpha value is -1.84. The normalized spacial score (nSPS) is 11.1. The molecule has 1 aromatic heterocycles. The van der Waals surface area contributed by atoms with Crippen LogP contribution in [0.3, 0.4) is 0 Å². The van der Waals surface area contributed by atoms with Crippen LogP contribution in [0, 0.1) is 18.3 Å². The van der Waals surface area contributed by atoms with Crippen molar-refractivity contribution in [2.45, 2.75) is 26.4 Å². The largest absolute Gasteiger partial charge is 0.574 e. The van der Waals surface area contributed by atoms with Gasteiger partial charge in [-0.3, -0.25) is 0 Å². The molecule has 0 aromatic carbocycles. The minimum atomic E-state index is -4.86. The van der Waals surface area contributed by atoms with Crippen molar-refractivity contribution in [3.63, 3.8) is 0 Å². The van der Waals surface area contributed by atoms with E-state index in [1.54, 1.807) is 6.07 Å².